The van der Waals surface area contributed by atoms with E-state index >= 15 is 0 Å². The minimum Gasteiger partial charge on any atom is -0.337 e. The summed E-state index contributed by atoms with van der Waals surface area (Å²) in [6.45, 7) is 13.2. The zero-order valence-electron chi connectivity index (χ0n) is 14.5. The second-order valence-electron chi connectivity index (χ2n) is 6.56. The van der Waals surface area contributed by atoms with Crippen LogP contribution in [0.5, 0.6) is 0 Å². The summed E-state index contributed by atoms with van der Waals surface area (Å²) in [7, 11) is 1.93. The van der Waals surface area contributed by atoms with Gasteiger partial charge in [0.2, 0.25) is 5.91 Å². The molecule has 1 aromatic heterocycles. The highest BCUT2D eigenvalue weighted by Crippen LogP contribution is 2.14. The van der Waals surface area contributed by atoms with Gasteiger partial charge in [0, 0.05) is 57.1 Å². The third kappa shape index (κ3) is 3.97. The summed E-state index contributed by atoms with van der Waals surface area (Å²) in [5, 5.41) is 4.37. The minimum atomic E-state index is 0.104. The number of hydrogen-bond acceptors (Lipinski definition) is 3. The highest BCUT2D eigenvalue weighted by atomic mass is 16.2. The molecule has 1 aromatic rings. The summed E-state index contributed by atoms with van der Waals surface area (Å²) in [5.74, 6) is 0.783. The maximum absolute atomic E-state index is 12.3. The predicted molar refractivity (Wildman–Crippen MR) is 89.6 cm³/mol. The molecule has 2 heterocycles. The lowest BCUT2D eigenvalue weighted by Gasteiger charge is -2.35. The van der Waals surface area contributed by atoms with Crippen molar-refractivity contribution in [2.24, 2.45) is 13.0 Å². The molecule has 1 amide bonds. The Morgan fingerprint density at radius 1 is 1.23 bits per heavy atom. The lowest BCUT2D eigenvalue weighted by molar-refractivity contribution is -0.127. The fraction of sp³-hybridized carbons (Fsp3) is 0.647. The van der Waals surface area contributed by atoms with Crippen LogP contribution in [0.2, 0.25) is 0 Å². The van der Waals surface area contributed by atoms with E-state index in [2.05, 4.69) is 23.8 Å². The highest BCUT2D eigenvalue weighted by molar-refractivity contribution is 5.92. The van der Waals surface area contributed by atoms with Crippen molar-refractivity contribution in [3.05, 3.63) is 23.0 Å². The first-order chi connectivity index (χ1) is 10.4. The first-order valence-corrected chi connectivity index (χ1v) is 8.08. The molecule has 5 heteroatoms. The molecule has 0 atom stereocenters. The number of amides is 1. The van der Waals surface area contributed by atoms with Crippen LogP contribution in [0.15, 0.2) is 6.08 Å². The summed E-state index contributed by atoms with van der Waals surface area (Å²) < 4.78 is 1.85. The molecule has 0 bridgehead atoms. The van der Waals surface area contributed by atoms with E-state index in [1.54, 1.807) is 6.08 Å². The average molecular weight is 304 g/mol. The molecule has 0 saturated carbocycles. The Labute approximate surface area is 133 Å². The molecule has 1 aliphatic heterocycles. The van der Waals surface area contributed by atoms with Gasteiger partial charge in [-0.1, -0.05) is 13.8 Å². The number of hydrogen-bond donors (Lipinski definition) is 0. The first-order valence-electron chi connectivity index (χ1n) is 8.08. The van der Waals surface area contributed by atoms with Gasteiger partial charge in [0.25, 0.3) is 0 Å². The molecular formula is C17H28N4O. The van der Waals surface area contributed by atoms with Crippen molar-refractivity contribution < 1.29 is 4.79 Å². The summed E-state index contributed by atoms with van der Waals surface area (Å²) in [6.07, 6.45) is 3.59. The maximum Gasteiger partial charge on any atom is 0.246 e. The molecule has 1 fully saturated rings. The van der Waals surface area contributed by atoms with Crippen LogP contribution < -0.4 is 0 Å². The van der Waals surface area contributed by atoms with E-state index in [9.17, 15) is 4.79 Å². The molecule has 1 saturated heterocycles. The van der Waals surface area contributed by atoms with Gasteiger partial charge < -0.3 is 4.90 Å². The highest BCUT2D eigenvalue weighted by Gasteiger charge is 2.20. The smallest absolute Gasteiger partial charge is 0.246 e. The van der Waals surface area contributed by atoms with E-state index in [0.717, 1.165) is 49.7 Å². The van der Waals surface area contributed by atoms with Crippen LogP contribution in [0.25, 0.3) is 6.08 Å². The van der Waals surface area contributed by atoms with Gasteiger partial charge in [-0.15, -0.1) is 0 Å². The summed E-state index contributed by atoms with van der Waals surface area (Å²) in [4.78, 5) is 16.7. The Morgan fingerprint density at radius 2 is 1.86 bits per heavy atom. The van der Waals surface area contributed by atoms with Crippen molar-refractivity contribution in [1.82, 2.24) is 19.6 Å². The Kier molecular flexibility index (Phi) is 5.40. The number of aromatic nitrogens is 2. The van der Waals surface area contributed by atoms with Crippen molar-refractivity contribution in [2.45, 2.75) is 27.7 Å². The van der Waals surface area contributed by atoms with Crippen molar-refractivity contribution >= 4 is 12.0 Å². The summed E-state index contributed by atoms with van der Waals surface area (Å²) in [5.41, 5.74) is 3.10. The standard InChI is InChI=1S/C17H28N4O/c1-13(2)12-20-8-10-21(11-9-20)17(22)7-6-16-14(3)18-19(5)15(16)4/h6-7,13H,8-12H2,1-5H3/b7-6+. The van der Waals surface area contributed by atoms with Crippen LogP contribution in [0.1, 0.15) is 30.8 Å². The molecular weight excluding hydrogens is 276 g/mol. The Morgan fingerprint density at radius 3 is 2.36 bits per heavy atom. The molecule has 0 aliphatic carbocycles. The van der Waals surface area contributed by atoms with E-state index in [4.69, 9.17) is 0 Å². The number of carbonyl (C=O) groups excluding carboxylic acids is 1. The van der Waals surface area contributed by atoms with Gasteiger partial charge in [-0.3, -0.25) is 14.4 Å². The molecule has 0 radical (unpaired) electrons. The van der Waals surface area contributed by atoms with Gasteiger partial charge in [0.1, 0.15) is 0 Å². The Bertz CT molecular complexity index is 551. The van der Waals surface area contributed by atoms with E-state index in [0.29, 0.717) is 5.92 Å². The van der Waals surface area contributed by atoms with Gasteiger partial charge in [0.05, 0.1) is 5.69 Å². The van der Waals surface area contributed by atoms with Crippen molar-refractivity contribution in [3.8, 4) is 0 Å². The number of piperazine rings is 1. The van der Waals surface area contributed by atoms with Crippen molar-refractivity contribution in [1.29, 1.82) is 0 Å². The summed E-state index contributed by atoms with van der Waals surface area (Å²) >= 11 is 0. The SMILES string of the molecule is Cc1nn(C)c(C)c1/C=C/C(=O)N1CCN(CC(C)C)CC1. The lowest BCUT2D eigenvalue weighted by atomic mass is 10.1. The van der Waals surface area contributed by atoms with E-state index in [1.807, 2.05) is 36.6 Å². The number of aryl methyl sites for hydroxylation is 2. The first kappa shape index (κ1) is 16.7. The molecule has 22 heavy (non-hydrogen) atoms. The van der Waals surface area contributed by atoms with Gasteiger partial charge >= 0.3 is 0 Å². The average Bonchev–Trinajstić information content (AvgIpc) is 2.70. The quantitative estimate of drug-likeness (QED) is 0.797. The maximum atomic E-state index is 12.3. The lowest BCUT2D eigenvalue weighted by Crippen LogP contribution is -2.49. The van der Waals surface area contributed by atoms with Crippen LogP contribution in [0, 0.1) is 19.8 Å². The fourth-order valence-corrected chi connectivity index (χ4v) is 2.96. The molecule has 2 rings (SSSR count). The van der Waals surface area contributed by atoms with Crippen molar-refractivity contribution in [3.63, 3.8) is 0 Å². The molecule has 5 nitrogen and oxygen atoms in total. The Hall–Kier alpha value is -1.62. The van der Waals surface area contributed by atoms with Gasteiger partial charge in [-0.25, -0.2) is 0 Å². The second kappa shape index (κ2) is 7.09. The zero-order valence-corrected chi connectivity index (χ0v) is 14.5. The third-order valence-electron chi connectivity index (χ3n) is 4.26. The fourth-order valence-electron chi connectivity index (χ4n) is 2.96. The molecule has 0 spiro atoms. The molecule has 0 aromatic carbocycles. The molecule has 1 aliphatic rings. The third-order valence-corrected chi connectivity index (χ3v) is 4.26. The van der Waals surface area contributed by atoms with Gasteiger partial charge in [0.15, 0.2) is 0 Å². The predicted octanol–water partition coefficient (Wildman–Crippen LogP) is 1.85. The molecule has 122 valence electrons. The van der Waals surface area contributed by atoms with E-state index < -0.39 is 0 Å². The normalized spacial score (nSPS) is 16.9. The number of carbonyl (C=O) groups is 1. The van der Waals surface area contributed by atoms with E-state index in [-0.39, 0.29) is 5.91 Å². The van der Waals surface area contributed by atoms with Crippen LogP contribution >= 0.6 is 0 Å². The van der Waals surface area contributed by atoms with Crippen LogP contribution in [0.4, 0.5) is 0 Å². The minimum absolute atomic E-state index is 0.104. The second-order valence-corrected chi connectivity index (χ2v) is 6.56. The molecule has 0 unspecified atom stereocenters. The topological polar surface area (TPSA) is 41.4 Å². The monoisotopic (exact) mass is 304 g/mol. The zero-order chi connectivity index (χ0) is 16.3. The van der Waals surface area contributed by atoms with Crippen LogP contribution in [0.3, 0.4) is 0 Å². The number of rotatable bonds is 4. The van der Waals surface area contributed by atoms with Crippen LogP contribution in [-0.4, -0.2) is 58.2 Å². The van der Waals surface area contributed by atoms with Gasteiger partial charge in [-0.05, 0) is 25.8 Å². The Balaban J connectivity index is 1.92. The summed E-state index contributed by atoms with van der Waals surface area (Å²) in [6, 6.07) is 0. The van der Waals surface area contributed by atoms with E-state index in [1.165, 1.54) is 0 Å². The number of nitrogens with zero attached hydrogens (tertiary/aromatic N) is 4. The van der Waals surface area contributed by atoms with Crippen molar-refractivity contribution in [2.75, 3.05) is 32.7 Å². The molecule has 0 N–H and O–H groups in total. The van der Waals surface area contributed by atoms with Crippen LogP contribution in [-0.2, 0) is 11.8 Å². The van der Waals surface area contributed by atoms with Gasteiger partial charge in [-0.2, -0.15) is 5.10 Å². The largest absolute Gasteiger partial charge is 0.337 e.